The molecule has 0 radical (unpaired) electrons. The van der Waals surface area contributed by atoms with Crippen LogP contribution in [0.25, 0.3) is 0 Å². The molecule has 4 nitrogen and oxygen atoms in total. The molecule has 0 saturated carbocycles. The average molecular weight is 268 g/mol. The highest BCUT2D eigenvalue weighted by molar-refractivity contribution is 6.13. The topological polar surface area (TPSA) is 55.6 Å². The molecular weight excluding hydrogens is 252 g/mol. The van der Waals surface area contributed by atoms with Crippen molar-refractivity contribution in [2.45, 2.75) is 13.5 Å². The van der Waals surface area contributed by atoms with E-state index in [4.69, 9.17) is 10.5 Å². The van der Waals surface area contributed by atoms with Gasteiger partial charge in [0.1, 0.15) is 5.75 Å². The van der Waals surface area contributed by atoms with Crippen LogP contribution in [-0.4, -0.2) is 12.5 Å². The number of hydrogen-bond donors (Lipinski definition) is 1. The highest BCUT2D eigenvalue weighted by atomic mass is 16.5. The maximum Gasteiger partial charge on any atom is 0.261 e. The minimum absolute atomic E-state index is 0.0396. The fraction of sp³-hybridized carbons (Fsp3) is 0.188. The van der Waals surface area contributed by atoms with Crippen LogP contribution >= 0.6 is 0 Å². The van der Waals surface area contributed by atoms with E-state index in [9.17, 15) is 4.79 Å². The smallest absolute Gasteiger partial charge is 0.261 e. The Morgan fingerprint density at radius 1 is 1.20 bits per heavy atom. The number of nitrogens with zero attached hydrogens (tertiary/aromatic N) is 1. The molecule has 0 aromatic heterocycles. The van der Waals surface area contributed by atoms with E-state index in [-0.39, 0.29) is 5.91 Å². The predicted octanol–water partition coefficient (Wildman–Crippen LogP) is 2.83. The number of carbonyl (C=O) groups excluding carboxylic acids is 1. The van der Waals surface area contributed by atoms with Gasteiger partial charge in [-0.1, -0.05) is 12.1 Å². The molecule has 1 aliphatic heterocycles. The Labute approximate surface area is 117 Å². The molecule has 0 bridgehead atoms. The highest BCUT2D eigenvalue weighted by Gasteiger charge is 2.30. The molecule has 0 aliphatic carbocycles. The van der Waals surface area contributed by atoms with Gasteiger partial charge in [-0.2, -0.15) is 0 Å². The molecular formula is C16H16N2O2. The molecule has 2 N–H and O–H groups in total. The normalized spacial score (nSPS) is 13.4. The van der Waals surface area contributed by atoms with E-state index in [1.54, 1.807) is 11.0 Å². The molecule has 3 rings (SSSR count). The Hall–Kier alpha value is -2.49. The van der Waals surface area contributed by atoms with E-state index in [0.717, 1.165) is 17.0 Å². The Morgan fingerprint density at radius 2 is 1.95 bits per heavy atom. The fourth-order valence-corrected chi connectivity index (χ4v) is 2.49. The van der Waals surface area contributed by atoms with Crippen LogP contribution in [0.4, 0.5) is 11.4 Å². The molecule has 1 heterocycles. The summed E-state index contributed by atoms with van der Waals surface area (Å²) in [7, 11) is 0. The van der Waals surface area contributed by atoms with Gasteiger partial charge in [-0.05, 0) is 42.8 Å². The van der Waals surface area contributed by atoms with Crippen molar-refractivity contribution >= 4 is 17.3 Å². The van der Waals surface area contributed by atoms with Gasteiger partial charge in [0.05, 0.1) is 18.7 Å². The molecule has 20 heavy (non-hydrogen) atoms. The molecule has 4 heteroatoms. The maximum atomic E-state index is 12.4. The summed E-state index contributed by atoms with van der Waals surface area (Å²) in [5, 5.41) is 0. The second kappa shape index (κ2) is 4.89. The largest absolute Gasteiger partial charge is 0.494 e. The number of fused-ring (bicyclic) bond motifs is 1. The minimum Gasteiger partial charge on any atom is -0.494 e. The standard InChI is InChI=1S/C16H16N2O2/c1-2-20-13-8-6-12(7-9-13)18-10-11-4-3-5-14(17)15(11)16(18)19/h3-9H,2,10,17H2,1H3. The number of anilines is 2. The van der Waals surface area contributed by atoms with Crippen molar-refractivity contribution in [3.63, 3.8) is 0 Å². The lowest BCUT2D eigenvalue weighted by Gasteiger charge is -2.16. The van der Waals surface area contributed by atoms with Crippen LogP contribution in [-0.2, 0) is 6.54 Å². The Kier molecular flexibility index (Phi) is 3.06. The summed E-state index contributed by atoms with van der Waals surface area (Å²) < 4.78 is 5.41. The summed E-state index contributed by atoms with van der Waals surface area (Å²) in [6.07, 6.45) is 0. The number of rotatable bonds is 3. The van der Waals surface area contributed by atoms with Gasteiger partial charge in [0.2, 0.25) is 0 Å². The molecule has 1 amide bonds. The number of benzene rings is 2. The molecule has 0 saturated heterocycles. The van der Waals surface area contributed by atoms with E-state index >= 15 is 0 Å². The van der Waals surface area contributed by atoms with Gasteiger partial charge in [-0.15, -0.1) is 0 Å². The third-order valence-corrected chi connectivity index (χ3v) is 3.43. The van der Waals surface area contributed by atoms with Crippen molar-refractivity contribution in [2.75, 3.05) is 17.2 Å². The zero-order valence-electron chi connectivity index (χ0n) is 11.3. The first kappa shape index (κ1) is 12.5. The number of carbonyl (C=O) groups is 1. The zero-order chi connectivity index (χ0) is 14.1. The van der Waals surface area contributed by atoms with Gasteiger partial charge < -0.3 is 15.4 Å². The van der Waals surface area contributed by atoms with Crippen LogP contribution in [0.2, 0.25) is 0 Å². The second-order valence-corrected chi connectivity index (χ2v) is 4.70. The zero-order valence-corrected chi connectivity index (χ0v) is 11.3. The summed E-state index contributed by atoms with van der Waals surface area (Å²) in [5.41, 5.74) is 8.90. The number of nitrogen functional groups attached to an aromatic ring is 1. The number of amides is 1. The SMILES string of the molecule is CCOc1ccc(N2Cc3cccc(N)c3C2=O)cc1. The van der Waals surface area contributed by atoms with Crippen LogP contribution < -0.4 is 15.4 Å². The lowest BCUT2D eigenvalue weighted by atomic mass is 10.1. The molecule has 0 spiro atoms. The molecule has 0 atom stereocenters. The molecule has 102 valence electrons. The summed E-state index contributed by atoms with van der Waals surface area (Å²) in [6, 6.07) is 13.1. The van der Waals surface area contributed by atoms with Gasteiger partial charge in [-0.25, -0.2) is 0 Å². The van der Waals surface area contributed by atoms with Crippen LogP contribution in [0.1, 0.15) is 22.8 Å². The summed E-state index contributed by atoms with van der Waals surface area (Å²) >= 11 is 0. The number of nitrogens with two attached hydrogens (primary N) is 1. The van der Waals surface area contributed by atoms with Crippen molar-refractivity contribution in [3.05, 3.63) is 53.6 Å². The summed E-state index contributed by atoms with van der Waals surface area (Å²) in [4.78, 5) is 14.2. The monoisotopic (exact) mass is 268 g/mol. The van der Waals surface area contributed by atoms with Gasteiger partial charge in [0, 0.05) is 11.4 Å². The van der Waals surface area contributed by atoms with Crippen molar-refractivity contribution in [1.82, 2.24) is 0 Å². The fourth-order valence-electron chi connectivity index (χ4n) is 2.49. The number of hydrogen-bond acceptors (Lipinski definition) is 3. The lowest BCUT2D eigenvalue weighted by molar-refractivity contribution is 0.0997. The van der Waals surface area contributed by atoms with Gasteiger partial charge in [0.25, 0.3) is 5.91 Å². The Morgan fingerprint density at radius 3 is 2.60 bits per heavy atom. The minimum atomic E-state index is -0.0396. The third kappa shape index (κ3) is 1.99. The van der Waals surface area contributed by atoms with Crippen molar-refractivity contribution in [2.24, 2.45) is 0 Å². The molecule has 2 aromatic rings. The van der Waals surface area contributed by atoms with Gasteiger partial charge in [-0.3, -0.25) is 4.79 Å². The van der Waals surface area contributed by atoms with Crippen LogP contribution in [0.3, 0.4) is 0 Å². The summed E-state index contributed by atoms with van der Waals surface area (Å²) in [6.45, 7) is 3.13. The van der Waals surface area contributed by atoms with Crippen LogP contribution in [0.5, 0.6) is 5.75 Å². The molecule has 2 aromatic carbocycles. The quantitative estimate of drug-likeness (QED) is 0.871. The van der Waals surface area contributed by atoms with E-state index in [2.05, 4.69) is 0 Å². The van der Waals surface area contributed by atoms with Crippen LogP contribution in [0, 0.1) is 0 Å². The molecule has 0 fully saturated rings. The van der Waals surface area contributed by atoms with E-state index in [1.807, 2.05) is 43.3 Å². The van der Waals surface area contributed by atoms with Crippen LogP contribution in [0.15, 0.2) is 42.5 Å². The van der Waals surface area contributed by atoms with Crippen molar-refractivity contribution in [3.8, 4) is 5.75 Å². The van der Waals surface area contributed by atoms with E-state index < -0.39 is 0 Å². The molecule has 0 unspecified atom stereocenters. The summed E-state index contributed by atoms with van der Waals surface area (Å²) in [5.74, 6) is 0.766. The Bertz CT molecular complexity index is 650. The van der Waals surface area contributed by atoms with Gasteiger partial charge in [0.15, 0.2) is 0 Å². The highest BCUT2D eigenvalue weighted by Crippen LogP contribution is 2.32. The second-order valence-electron chi connectivity index (χ2n) is 4.70. The maximum absolute atomic E-state index is 12.4. The third-order valence-electron chi connectivity index (χ3n) is 3.43. The first-order valence-corrected chi connectivity index (χ1v) is 6.63. The predicted molar refractivity (Wildman–Crippen MR) is 79.0 cm³/mol. The van der Waals surface area contributed by atoms with E-state index in [1.165, 1.54) is 0 Å². The first-order valence-electron chi connectivity index (χ1n) is 6.63. The number of ether oxygens (including phenoxy) is 1. The Balaban J connectivity index is 1.90. The average Bonchev–Trinajstić information content (AvgIpc) is 2.79. The van der Waals surface area contributed by atoms with Gasteiger partial charge >= 0.3 is 0 Å². The van der Waals surface area contributed by atoms with E-state index in [0.29, 0.717) is 24.4 Å². The van der Waals surface area contributed by atoms with Crippen molar-refractivity contribution < 1.29 is 9.53 Å². The van der Waals surface area contributed by atoms with Crippen molar-refractivity contribution in [1.29, 1.82) is 0 Å². The lowest BCUT2D eigenvalue weighted by Crippen LogP contribution is -2.23. The molecule has 1 aliphatic rings. The first-order chi connectivity index (χ1) is 9.70.